The van der Waals surface area contributed by atoms with Crippen molar-refractivity contribution in [2.24, 2.45) is 7.05 Å². The van der Waals surface area contributed by atoms with Crippen LogP contribution in [0.5, 0.6) is 0 Å². The topological polar surface area (TPSA) is 58.7 Å². The summed E-state index contributed by atoms with van der Waals surface area (Å²) < 4.78 is 1.23. The van der Waals surface area contributed by atoms with Crippen molar-refractivity contribution < 1.29 is 0 Å². The van der Waals surface area contributed by atoms with Crippen molar-refractivity contribution in [1.82, 2.24) is 9.78 Å². The Labute approximate surface area is 117 Å². The van der Waals surface area contributed by atoms with E-state index in [4.69, 9.17) is 5.26 Å². The van der Waals surface area contributed by atoms with Crippen LogP contribution in [0.1, 0.15) is 29.5 Å². The number of nitrogens with zero attached hydrogens (tertiary/aromatic N) is 3. The van der Waals surface area contributed by atoms with Gasteiger partial charge in [-0.25, -0.2) is 4.68 Å². The maximum Gasteiger partial charge on any atom is 0.284 e. The summed E-state index contributed by atoms with van der Waals surface area (Å²) in [5.41, 5.74) is 4.20. The Kier molecular flexibility index (Phi) is 3.11. The number of aryl methyl sites for hydroxylation is 3. The highest BCUT2D eigenvalue weighted by molar-refractivity contribution is 5.62. The molecule has 0 radical (unpaired) electrons. The zero-order valence-electron chi connectivity index (χ0n) is 11.4. The minimum atomic E-state index is -0.353. The van der Waals surface area contributed by atoms with Crippen LogP contribution in [0.4, 0.5) is 0 Å². The second-order valence-corrected chi connectivity index (χ2v) is 5.17. The molecule has 3 rings (SSSR count). The largest absolute Gasteiger partial charge is 0.284 e. The average molecular weight is 265 g/mol. The van der Waals surface area contributed by atoms with Gasteiger partial charge in [0.05, 0.1) is 5.69 Å². The first-order valence-corrected chi connectivity index (χ1v) is 6.79. The molecule has 0 bridgehead atoms. The second kappa shape index (κ2) is 4.93. The number of rotatable bonds is 1. The number of fused-ring (bicyclic) bond motifs is 1. The Hall–Kier alpha value is -2.41. The van der Waals surface area contributed by atoms with Crippen molar-refractivity contribution in [2.75, 3.05) is 0 Å². The van der Waals surface area contributed by atoms with Crippen LogP contribution in [-0.2, 0) is 19.9 Å². The molecule has 0 unspecified atom stereocenters. The Balaban J connectivity index is 2.12. The van der Waals surface area contributed by atoms with Crippen LogP contribution in [0, 0.1) is 11.3 Å². The van der Waals surface area contributed by atoms with Crippen molar-refractivity contribution in [3.05, 3.63) is 51.3 Å². The molecule has 0 saturated carbocycles. The standard InChI is InChI=1S/C16H15N3O/c1-19-16(20)14(10-17)9-15(18-19)13-7-6-11-4-2-3-5-12(11)8-13/h6-9H,2-5H2,1H3. The van der Waals surface area contributed by atoms with E-state index in [2.05, 4.69) is 17.2 Å². The van der Waals surface area contributed by atoms with Crippen LogP contribution in [0.3, 0.4) is 0 Å². The predicted octanol–water partition coefficient (Wildman–Crippen LogP) is 2.20. The number of hydrogen-bond acceptors (Lipinski definition) is 3. The van der Waals surface area contributed by atoms with E-state index in [1.54, 1.807) is 13.1 Å². The van der Waals surface area contributed by atoms with E-state index in [0.29, 0.717) is 5.69 Å². The van der Waals surface area contributed by atoms with Gasteiger partial charge in [0.2, 0.25) is 0 Å². The van der Waals surface area contributed by atoms with Crippen molar-refractivity contribution in [1.29, 1.82) is 5.26 Å². The van der Waals surface area contributed by atoms with Crippen molar-refractivity contribution in [3.8, 4) is 17.3 Å². The summed E-state index contributed by atoms with van der Waals surface area (Å²) in [7, 11) is 1.57. The minimum Gasteiger partial charge on any atom is -0.266 e. The fraction of sp³-hybridized carbons (Fsp3) is 0.312. The maximum atomic E-state index is 11.7. The summed E-state index contributed by atoms with van der Waals surface area (Å²) in [6.07, 6.45) is 4.71. The van der Waals surface area contributed by atoms with Crippen molar-refractivity contribution >= 4 is 0 Å². The van der Waals surface area contributed by atoms with E-state index in [-0.39, 0.29) is 11.1 Å². The lowest BCUT2D eigenvalue weighted by molar-refractivity contribution is 0.685. The molecule has 0 aliphatic heterocycles. The summed E-state index contributed by atoms with van der Waals surface area (Å²) in [5, 5.41) is 13.3. The Morgan fingerprint density at radius 3 is 2.70 bits per heavy atom. The second-order valence-electron chi connectivity index (χ2n) is 5.17. The number of aromatic nitrogens is 2. The summed E-state index contributed by atoms with van der Waals surface area (Å²) >= 11 is 0. The van der Waals surface area contributed by atoms with E-state index in [1.165, 1.54) is 28.7 Å². The quantitative estimate of drug-likeness (QED) is 0.794. The predicted molar refractivity (Wildman–Crippen MR) is 76.3 cm³/mol. The van der Waals surface area contributed by atoms with Crippen LogP contribution >= 0.6 is 0 Å². The van der Waals surface area contributed by atoms with E-state index in [1.807, 2.05) is 12.1 Å². The molecule has 0 amide bonds. The molecule has 1 aliphatic carbocycles. The van der Waals surface area contributed by atoms with Gasteiger partial charge in [-0.2, -0.15) is 10.4 Å². The highest BCUT2D eigenvalue weighted by Crippen LogP contribution is 2.26. The normalized spacial score (nSPS) is 13.6. The summed E-state index contributed by atoms with van der Waals surface area (Å²) in [4.78, 5) is 11.7. The zero-order valence-corrected chi connectivity index (χ0v) is 11.4. The number of benzene rings is 1. The fourth-order valence-corrected chi connectivity index (χ4v) is 2.72. The highest BCUT2D eigenvalue weighted by Gasteiger charge is 2.12. The molecule has 1 aliphatic rings. The molecule has 20 heavy (non-hydrogen) atoms. The first-order chi connectivity index (χ1) is 9.69. The Morgan fingerprint density at radius 2 is 1.95 bits per heavy atom. The monoisotopic (exact) mass is 265 g/mol. The smallest absolute Gasteiger partial charge is 0.266 e. The third kappa shape index (κ3) is 2.12. The molecule has 4 heteroatoms. The summed E-state index contributed by atoms with van der Waals surface area (Å²) in [5.74, 6) is 0. The van der Waals surface area contributed by atoms with Crippen molar-refractivity contribution in [3.63, 3.8) is 0 Å². The van der Waals surface area contributed by atoms with Gasteiger partial charge in [-0.1, -0.05) is 12.1 Å². The molecule has 0 saturated heterocycles. The molecular weight excluding hydrogens is 250 g/mol. The fourth-order valence-electron chi connectivity index (χ4n) is 2.72. The lowest BCUT2D eigenvalue weighted by Crippen LogP contribution is -2.22. The lowest BCUT2D eigenvalue weighted by Gasteiger charge is -2.16. The molecule has 2 aromatic rings. The van der Waals surface area contributed by atoms with E-state index in [0.717, 1.165) is 18.4 Å². The van der Waals surface area contributed by atoms with Crippen LogP contribution in [0.25, 0.3) is 11.3 Å². The van der Waals surface area contributed by atoms with Gasteiger partial charge in [0, 0.05) is 12.6 Å². The van der Waals surface area contributed by atoms with Gasteiger partial charge in [0.1, 0.15) is 11.6 Å². The van der Waals surface area contributed by atoms with Crippen molar-refractivity contribution in [2.45, 2.75) is 25.7 Å². The van der Waals surface area contributed by atoms with Gasteiger partial charge in [-0.05, 0) is 48.9 Å². The molecule has 1 aromatic heterocycles. The molecule has 1 aromatic carbocycles. The SMILES string of the molecule is Cn1nc(-c2ccc3c(c2)CCCC3)cc(C#N)c1=O. The van der Waals surface area contributed by atoms with Gasteiger partial charge in [0.15, 0.2) is 0 Å². The van der Waals surface area contributed by atoms with Gasteiger partial charge in [0.25, 0.3) is 5.56 Å². The van der Waals surface area contributed by atoms with Gasteiger partial charge in [-0.15, -0.1) is 0 Å². The van der Waals surface area contributed by atoms with Crippen LogP contribution in [-0.4, -0.2) is 9.78 Å². The van der Waals surface area contributed by atoms with Gasteiger partial charge in [-0.3, -0.25) is 4.79 Å². The van der Waals surface area contributed by atoms with Gasteiger partial charge >= 0.3 is 0 Å². The van der Waals surface area contributed by atoms with E-state index < -0.39 is 0 Å². The molecule has 100 valence electrons. The maximum absolute atomic E-state index is 11.7. The lowest BCUT2D eigenvalue weighted by atomic mass is 9.90. The third-order valence-electron chi connectivity index (χ3n) is 3.83. The van der Waals surface area contributed by atoms with Crippen LogP contribution < -0.4 is 5.56 Å². The molecule has 0 spiro atoms. The molecular formula is C16H15N3O. The van der Waals surface area contributed by atoms with Crippen LogP contribution in [0.2, 0.25) is 0 Å². The molecule has 4 nitrogen and oxygen atoms in total. The third-order valence-corrected chi connectivity index (χ3v) is 3.83. The zero-order chi connectivity index (χ0) is 14.1. The molecule has 0 fully saturated rings. The Bertz CT molecular complexity index is 768. The average Bonchev–Trinajstić information content (AvgIpc) is 2.49. The van der Waals surface area contributed by atoms with Crippen LogP contribution in [0.15, 0.2) is 29.1 Å². The van der Waals surface area contributed by atoms with E-state index in [9.17, 15) is 4.79 Å². The van der Waals surface area contributed by atoms with Gasteiger partial charge < -0.3 is 0 Å². The minimum absolute atomic E-state index is 0.134. The summed E-state index contributed by atoms with van der Waals surface area (Å²) in [6.45, 7) is 0. The Morgan fingerprint density at radius 1 is 1.20 bits per heavy atom. The summed E-state index contributed by atoms with van der Waals surface area (Å²) in [6, 6.07) is 9.82. The first-order valence-electron chi connectivity index (χ1n) is 6.79. The first kappa shape index (κ1) is 12.6. The number of nitriles is 1. The molecule has 0 atom stereocenters. The highest BCUT2D eigenvalue weighted by atomic mass is 16.1. The molecule has 0 N–H and O–H groups in total. The van der Waals surface area contributed by atoms with E-state index >= 15 is 0 Å². The number of hydrogen-bond donors (Lipinski definition) is 0. The molecule has 1 heterocycles.